The number of hydrogen-bond donors (Lipinski definition) is 0. The number of alkyl halides is 3. The minimum atomic E-state index is -5.39. The molecule has 0 N–H and O–H groups in total. The summed E-state index contributed by atoms with van der Waals surface area (Å²) in [5, 5.41) is 0. The van der Waals surface area contributed by atoms with Gasteiger partial charge in [-0.1, -0.05) is 26.4 Å². The summed E-state index contributed by atoms with van der Waals surface area (Å²) in [6.07, 6.45) is -5.39. The third-order valence-electron chi connectivity index (χ3n) is 1.38. The van der Waals surface area contributed by atoms with Gasteiger partial charge in [-0.25, -0.2) is 0 Å². The van der Waals surface area contributed by atoms with Gasteiger partial charge in [0.25, 0.3) is 0 Å². The number of amides is 1. The highest BCUT2D eigenvalue weighted by molar-refractivity contribution is 7.84. The maximum Gasteiger partial charge on any atom is 0.474 e. The Balaban J connectivity index is 2.94. The molecule has 1 unspecified atom stereocenters. The van der Waals surface area contributed by atoms with Crippen LogP contribution in [0.2, 0.25) is 0 Å². The van der Waals surface area contributed by atoms with Crippen LogP contribution in [0.3, 0.4) is 0 Å². The van der Waals surface area contributed by atoms with Crippen LogP contribution in [-0.2, 0) is 15.2 Å². The molecule has 0 fully saturated rings. The third-order valence-corrected chi connectivity index (χ3v) is 2.16. The molecule has 0 heterocycles. The van der Waals surface area contributed by atoms with Crippen LogP contribution in [-0.4, -0.2) is 16.3 Å². The average molecular weight is 271 g/mol. The average Bonchev–Trinajstić information content (AvgIpc) is 2.16. The Labute approximate surface area is 93.9 Å². The first-order valence-corrected chi connectivity index (χ1v) is 5.37. The summed E-state index contributed by atoms with van der Waals surface area (Å²) >= 11 is 0. The zero-order valence-electron chi connectivity index (χ0n) is 7.98. The molecular formula is C8H5F4NO3S. The van der Waals surface area contributed by atoms with Crippen LogP contribution in [0, 0.1) is 0 Å². The molecule has 1 aromatic rings. The lowest BCUT2D eigenvalue weighted by molar-refractivity contribution is -0.169. The fourth-order valence-corrected chi connectivity index (χ4v) is 1.45. The Morgan fingerprint density at radius 2 is 1.76 bits per heavy atom. The fraction of sp³-hybridized carbons (Fsp3) is 0.125. The zero-order chi connectivity index (χ0) is 13.1. The highest BCUT2D eigenvalue weighted by Crippen LogP contribution is 2.20. The smallest absolute Gasteiger partial charge is 0.373 e. The maximum absolute atomic E-state index is 13.0. The van der Waals surface area contributed by atoms with Crippen molar-refractivity contribution in [3.05, 3.63) is 30.3 Å². The third kappa shape index (κ3) is 4.39. The molecule has 0 spiro atoms. The van der Waals surface area contributed by atoms with Crippen LogP contribution in [0.1, 0.15) is 0 Å². The lowest BCUT2D eigenvalue weighted by Crippen LogP contribution is -2.22. The molecule has 1 amide bonds. The predicted octanol–water partition coefficient (Wildman–Crippen LogP) is 2.42. The van der Waals surface area contributed by atoms with Gasteiger partial charge in [0, 0.05) is 0 Å². The van der Waals surface area contributed by atoms with Gasteiger partial charge >= 0.3 is 22.5 Å². The summed E-state index contributed by atoms with van der Waals surface area (Å²) in [4.78, 5) is 10.3. The van der Waals surface area contributed by atoms with Crippen molar-refractivity contribution < 1.29 is 30.2 Å². The Bertz CT molecular complexity index is 519. The number of rotatable bonds is 2. The van der Waals surface area contributed by atoms with E-state index in [1.54, 1.807) is 0 Å². The number of benzene rings is 1. The van der Waals surface area contributed by atoms with Gasteiger partial charge in [-0.05, 0) is 12.1 Å². The van der Waals surface area contributed by atoms with E-state index in [2.05, 4.69) is 4.18 Å². The zero-order valence-corrected chi connectivity index (χ0v) is 8.80. The first-order chi connectivity index (χ1) is 7.71. The normalized spacial score (nSPS) is 14.8. The molecule has 1 aromatic carbocycles. The van der Waals surface area contributed by atoms with Crippen molar-refractivity contribution >= 4 is 16.3 Å². The van der Waals surface area contributed by atoms with Crippen LogP contribution >= 0.6 is 0 Å². The number of halogens is 4. The quantitative estimate of drug-likeness (QED) is 0.613. The van der Waals surface area contributed by atoms with E-state index in [1.807, 2.05) is 4.36 Å². The fourth-order valence-electron chi connectivity index (χ4n) is 0.764. The molecule has 94 valence electrons. The summed E-state index contributed by atoms with van der Waals surface area (Å²) in [5.74, 6) is -3.11. The lowest BCUT2D eigenvalue weighted by atomic mass is 10.3. The molecule has 0 bridgehead atoms. The van der Waals surface area contributed by atoms with Gasteiger partial charge in [0.2, 0.25) is 0 Å². The second-order valence-electron chi connectivity index (χ2n) is 2.70. The Hall–Kier alpha value is -1.64. The molecule has 0 aliphatic carbocycles. The minimum absolute atomic E-state index is 0.307. The summed E-state index contributed by atoms with van der Waals surface area (Å²) < 4.78 is 64.9. The van der Waals surface area contributed by atoms with Gasteiger partial charge in [0.05, 0.1) is 0 Å². The van der Waals surface area contributed by atoms with E-state index >= 15 is 0 Å². The second kappa shape index (κ2) is 4.70. The predicted molar refractivity (Wildman–Crippen MR) is 49.8 cm³/mol. The van der Waals surface area contributed by atoms with E-state index in [1.165, 1.54) is 18.2 Å². The van der Waals surface area contributed by atoms with Crippen molar-refractivity contribution in [3.8, 4) is 5.75 Å². The first kappa shape index (κ1) is 13.4. The standard InChI is InChI=1S/C8H5F4NO3S/c9-8(10,11)7(14)13-17(12,15)16-6-4-2-1-3-5-6/h1-5H. The molecule has 0 aromatic heterocycles. The molecule has 0 saturated carbocycles. The van der Waals surface area contributed by atoms with Crippen LogP contribution in [0.25, 0.3) is 0 Å². The molecule has 4 nitrogen and oxygen atoms in total. The molecule has 1 rings (SSSR count). The molecule has 0 aliphatic heterocycles. The highest BCUT2D eigenvalue weighted by Gasteiger charge is 2.40. The monoisotopic (exact) mass is 271 g/mol. The summed E-state index contributed by atoms with van der Waals surface area (Å²) in [6.45, 7) is 0. The number of carbonyl (C=O) groups excluding carboxylic acids is 1. The molecule has 1 atom stereocenters. The van der Waals surface area contributed by atoms with Crippen LogP contribution in [0.5, 0.6) is 5.75 Å². The maximum atomic E-state index is 13.0. The van der Waals surface area contributed by atoms with E-state index in [9.17, 15) is 26.1 Å². The molecule has 9 heteroatoms. The van der Waals surface area contributed by atoms with Crippen molar-refractivity contribution in [2.75, 3.05) is 0 Å². The molecule has 0 radical (unpaired) electrons. The number of hydrogen-bond acceptors (Lipinski definition) is 3. The van der Waals surface area contributed by atoms with Crippen molar-refractivity contribution in [2.24, 2.45) is 4.36 Å². The number of para-hydroxylation sites is 1. The molecule has 17 heavy (non-hydrogen) atoms. The molecule has 0 aliphatic rings. The second-order valence-corrected chi connectivity index (χ2v) is 3.88. The van der Waals surface area contributed by atoms with Crippen molar-refractivity contribution in [2.45, 2.75) is 6.18 Å². The first-order valence-electron chi connectivity index (χ1n) is 4.03. The van der Waals surface area contributed by atoms with Gasteiger partial charge in [-0.15, -0.1) is 0 Å². The minimum Gasteiger partial charge on any atom is -0.373 e. The molecular weight excluding hydrogens is 266 g/mol. The highest BCUT2D eigenvalue weighted by atomic mass is 32.3. The van der Waals surface area contributed by atoms with Gasteiger partial charge < -0.3 is 4.18 Å². The van der Waals surface area contributed by atoms with E-state index in [4.69, 9.17) is 0 Å². The van der Waals surface area contributed by atoms with E-state index in [0.717, 1.165) is 12.1 Å². The Morgan fingerprint density at radius 1 is 1.24 bits per heavy atom. The Kier molecular flexibility index (Phi) is 3.71. The van der Waals surface area contributed by atoms with Crippen LogP contribution < -0.4 is 4.18 Å². The Morgan fingerprint density at radius 3 is 2.24 bits per heavy atom. The summed E-state index contributed by atoms with van der Waals surface area (Å²) in [7, 11) is -5.21. The topological polar surface area (TPSA) is 55.7 Å². The van der Waals surface area contributed by atoms with Crippen molar-refractivity contribution in [1.29, 1.82) is 0 Å². The van der Waals surface area contributed by atoms with Crippen LogP contribution in [0.4, 0.5) is 17.1 Å². The van der Waals surface area contributed by atoms with Gasteiger partial charge in [-0.2, -0.15) is 17.4 Å². The summed E-state index contributed by atoms with van der Waals surface area (Å²) in [5.41, 5.74) is 0. The number of carbonyl (C=O) groups is 1. The van der Waals surface area contributed by atoms with Gasteiger partial charge in [0.1, 0.15) is 5.75 Å². The number of nitrogens with zero attached hydrogens (tertiary/aromatic N) is 1. The van der Waals surface area contributed by atoms with Gasteiger partial charge in [-0.3, -0.25) is 4.79 Å². The van der Waals surface area contributed by atoms with Crippen LogP contribution in [0.15, 0.2) is 34.7 Å². The van der Waals surface area contributed by atoms with Crippen molar-refractivity contribution in [3.63, 3.8) is 0 Å². The van der Waals surface area contributed by atoms with E-state index in [-0.39, 0.29) is 5.75 Å². The van der Waals surface area contributed by atoms with Gasteiger partial charge in [0.15, 0.2) is 0 Å². The van der Waals surface area contributed by atoms with E-state index < -0.39 is 22.5 Å². The molecule has 0 saturated heterocycles. The largest absolute Gasteiger partial charge is 0.474 e. The van der Waals surface area contributed by atoms with E-state index in [0.29, 0.717) is 0 Å². The van der Waals surface area contributed by atoms with Crippen molar-refractivity contribution in [1.82, 2.24) is 0 Å². The SMILES string of the molecule is O=C(N=S(=O)(F)Oc1ccccc1)C(F)(F)F. The lowest BCUT2D eigenvalue weighted by Gasteiger charge is -2.04. The summed E-state index contributed by atoms with van der Waals surface area (Å²) in [6, 6.07) is 6.55.